The lowest BCUT2D eigenvalue weighted by Crippen LogP contribution is -2.50. The minimum atomic E-state index is -1.01. The summed E-state index contributed by atoms with van der Waals surface area (Å²) in [6.45, 7) is 9.64. The van der Waals surface area contributed by atoms with E-state index in [-0.39, 0.29) is 17.4 Å². The topological polar surface area (TPSA) is 43.8 Å². The molecule has 0 bridgehead atoms. The summed E-state index contributed by atoms with van der Waals surface area (Å²) >= 11 is 5.91. The molecule has 1 unspecified atom stereocenters. The van der Waals surface area contributed by atoms with Crippen LogP contribution in [0, 0.1) is 5.82 Å². The van der Waals surface area contributed by atoms with Gasteiger partial charge in [-0.2, -0.15) is 0 Å². The van der Waals surface area contributed by atoms with Gasteiger partial charge in [0.25, 0.3) is 0 Å². The third-order valence-electron chi connectivity index (χ3n) is 5.10. The van der Waals surface area contributed by atoms with E-state index in [0.29, 0.717) is 10.6 Å². The summed E-state index contributed by atoms with van der Waals surface area (Å²) in [7, 11) is 0. The summed E-state index contributed by atoms with van der Waals surface area (Å²) in [5, 5.41) is 9.75. The summed E-state index contributed by atoms with van der Waals surface area (Å²) in [6.07, 6.45) is 3.61. The van der Waals surface area contributed by atoms with Crippen LogP contribution in [0.4, 0.5) is 4.39 Å². The van der Waals surface area contributed by atoms with E-state index in [1.165, 1.54) is 18.2 Å². The molecule has 2 aromatic carbocycles. The van der Waals surface area contributed by atoms with Crippen molar-refractivity contribution in [1.29, 1.82) is 0 Å². The standard InChI is InChI=1S/C23H24ClFN2O2/c1-16(3-6-19-7-8-20(24)13-22(19)23(28)29)27-12-11-26(14-17(27)2)15-18-4-9-21(25)10-5-18/h3-10,13,17H,1,11-12,14-15H2,2H3,(H,28,29)/b6-3+. The molecule has 0 aliphatic carbocycles. The van der Waals surface area contributed by atoms with E-state index in [0.717, 1.165) is 37.4 Å². The van der Waals surface area contributed by atoms with E-state index in [1.54, 1.807) is 18.2 Å². The highest BCUT2D eigenvalue weighted by atomic mass is 35.5. The van der Waals surface area contributed by atoms with Crippen molar-refractivity contribution >= 4 is 23.6 Å². The summed E-state index contributed by atoms with van der Waals surface area (Å²) in [5.74, 6) is -1.23. The normalized spacial score (nSPS) is 17.6. The van der Waals surface area contributed by atoms with Gasteiger partial charge in [0.1, 0.15) is 5.82 Å². The lowest BCUT2D eigenvalue weighted by molar-refractivity contribution is 0.0696. The van der Waals surface area contributed by atoms with Crippen LogP contribution in [-0.4, -0.2) is 46.6 Å². The van der Waals surface area contributed by atoms with Gasteiger partial charge in [0.15, 0.2) is 0 Å². The van der Waals surface area contributed by atoms with Gasteiger partial charge < -0.3 is 10.0 Å². The highest BCUT2D eigenvalue weighted by Gasteiger charge is 2.23. The van der Waals surface area contributed by atoms with E-state index in [9.17, 15) is 14.3 Å². The zero-order valence-corrected chi connectivity index (χ0v) is 17.1. The Bertz CT molecular complexity index is 927. The molecule has 152 valence electrons. The van der Waals surface area contributed by atoms with Crippen molar-refractivity contribution in [1.82, 2.24) is 9.80 Å². The Kier molecular flexibility index (Phi) is 6.72. The first-order chi connectivity index (χ1) is 13.8. The first-order valence-electron chi connectivity index (χ1n) is 9.47. The number of nitrogens with zero attached hydrogens (tertiary/aromatic N) is 2. The van der Waals surface area contributed by atoms with Crippen LogP contribution in [0.2, 0.25) is 5.02 Å². The van der Waals surface area contributed by atoms with Gasteiger partial charge >= 0.3 is 5.97 Å². The molecule has 2 aromatic rings. The average molecular weight is 415 g/mol. The SMILES string of the molecule is C=C(/C=C/c1ccc(Cl)cc1C(=O)O)N1CCN(Cc2ccc(F)cc2)CC1C. The second-order valence-corrected chi connectivity index (χ2v) is 7.70. The fourth-order valence-electron chi connectivity index (χ4n) is 3.59. The molecule has 1 aliphatic rings. The first-order valence-corrected chi connectivity index (χ1v) is 9.84. The summed E-state index contributed by atoms with van der Waals surface area (Å²) in [4.78, 5) is 16.0. The molecule has 1 aliphatic heterocycles. The molecular formula is C23H24ClFN2O2. The zero-order chi connectivity index (χ0) is 21.0. The predicted molar refractivity (Wildman–Crippen MR) is 114 cm³/mol. The van der Waals surface area contributed by atoms with Crippen molar-refractivity contribution in [3.63, 3.8) is 0 Å². The largest absolute Gasteiger partial charge is 0.478 e. The van der Waals surface area contributed by atoms with E-state index in [2.05, 4.69) is 23.3 Å². The fraction of sp³-hybridized carbons (Fsp3) is 0.261. The van der Waals surface area contributed by atoms with Crippen molar-refractivity contribution in [3.8, 4) is 0 Å². The maximum Gasteiger partial charge on any atom is 0.336 e. The maximum absolute atomic E-state index is 13.1. The van der Waals surface area contributed by atoms with Gasteiger partial charge in [0.2, 0.25) is 0 Å². The number of allylic oxidation sites excluding steroid dienone is 1. The van der Waals surface area contributed by atoms with E-state index in [4.69, 9.17) is 11.6 Å². The number of hydrogen-bond acceptors (Lipinski definition) is 3. The second kappa shape index (κ2) is 9.25. The fourth-order valence-corrected chi connectivity index (χ4v) is 3.76. The minimum Gasteiger partial charge on any atom is -0.478 e. The van der Waals surface area contributed by atoms with Gasteiger partial charge in [-0.1, -0.05) is 42.5 Å². The lowest BCUT2D eigenvalue weighted by atomic mass is 10.1. The van der Waals surface area contributed by atoms with Gasteiger partial charge in [-0.15, -0.1) is 0 Å². The Morgan fingerprint density at radius 3 is 2.66 bits per heavy atom. The summed E-state index contributed by atoms with van der Waals surface area (Å²) < 4.78 is 13.1. The van der Waals surface area contributed by atoms with Crippen LogP contribution < -0.4 is 0 Å². The number of piperazine rings is 1. The molecule has 0 aromatic heterocycles. The molecule has 3 rings (SSSR count). The molecule has 1 atom stereocenters. The van der Waals surface area contributed by atoms with Gasteiger partial charge in [0, 0.05) is 42.9 Å². The minimum absolute atomic E-state index is 0.165. The molecule has 1 fully saturated rings. The van der Waals surface area contributed by atoms with Crippen LogP contribution in [0.25, 0.3) is 6.08 Å². The molecule has 0 amide bonds. The van der Waals surface area contributed by atoms with Gasteiger partial charge in [0.05, 0.1) is 5.56 Å². The average Bonchev–Trinajstić information content (AvgIpc) is 2.68. The number of rotatable bonds is 6. The van der Waals surface area contributed by atoms with Crippen molar-refractivity contribution in [2.24, 2.45) is 0 Å². The van der Waals surface area contributed by atoms with Crippen LogP contribution >= 0.6 is 11.6 Å². The lowest BCUT2D eigenvalue weighted by Gasteiger charge is -2.41. The zero-order valence-electron chi connectivity index (χ0n) is 16.3. The van der Waals surface area contributed by atoms with Crippen LogP contribution in [0.1, 0.15) is 28.4 Å². The number of aromatic carboxylic acids is 1. The van der Waals surface area contributed by atoms with Crippen LogP contribution in [0.5, 0.6) is 0 Å². The Labute approximate surface area is 175 Å². The van der Waals surface area contributed by atoms with E-state index < -0.39 is 5.97 Å². The third-order valence-corrected chi connectivity index (χ3v) is 5.34. The Morgan fingerprint density at radius 2 is 2.00 bits per heavy atom. The number of hydrogen-bond donors (Lipinski definition) is 1. The Morgan fingerprint density at radius 1 is 1.28 bits per heavy atom. The van der Waals surface area contributed by atoms with E-state index in [1.807, 2.05) is 18.2 Å². The van der Waals surface area contributed by atoms with Gasteiger partial charge in [-0.25, -0.2) is 9.18 Å². The smallest absolute Gasteiger partial charge is 0.336 e. The number of carbonyl (C=O) groups is 1. The predicted octanol–water partition coefficient (Wildman–Crippen LogP) is 4.91. The maximum atomic E-state index is 13.1. The summed E-state index contributed by atoms with van der Waals surface area (Å²) in [6, 6.07) is 11.7. The molecule has 0 radical (unpaired) electrons. The molecule has 29 heavy (non-hydrogen) atoms. The molecule has 0 saturated carbocycles. The molecule has 6 heteroatoms. The van der Waals surface area contributed by atoms with Crippen molar-refractivity contribution in [2.75, 3.05) is 19.6 Å². The van der Waals surface area contributed by atoms with Gasteiger partial charge in [-0.05, 0) is 48.4 Å². The van der Waals surface area contributed by atoms with E-state index >= 15 is 0 Å². The molecule has 1 saturated heterocycles. The number of carboxylic acids is 1. The monoisotopic (exact) mass is 414 g/mol. The number of carboxylic acid groups (broad SMARTS) is 1. The molecule has 1 N–H and O–H groups in total. The van der Waals surface area contributed by atoms with Gasteiger partial charge in [-0.3, -0.25) is 4.90 Å². The molecule has 4 nitrogen and oxygen atoms in total. The first kappa shape index (κ1) is 21.1. The quantitative estimate of drug-likeness (QED) is 0.682. The summed E-state index contributed by atoms with van der Waals surface area (Å²) in [5.41, 5.74) is 2.68. The van der Waals surface area contributed by atoms with Crippen LogP contribution in [0.15, 0.2) is 60.8 Å². The van der Waals surface area contributed by atoms with Crippen molar-refractivity contribution in [2.45, 2.75) is 19.5 Å². The molecular weight excluding hydrogens is 391 g/mol. The van der Waals surface area contributed by atoms with Crippen LogP contribution in [0.3, 0.4) is 0 Å². The number of halogens is 2. The second-order valence-electron chi connectivity index (χ2n) is 7.27. The molecule has 0 spiro atoms. The number of benzene rings is 2. The molecule has 1 heterocycles. The highest BCUT2D eigenvalue weighted by Crippen LogP contribution is 2.21. The van der Waals surface area contributed by atoms with Crippen molar-refractivity contribution in [3.05, 3.63) is 88.3 Å². The Balaban J connectivity index is 1.62. The highest BCUT2D eigenvalue weighted by molar-refractivity contribution is 6.31. The van der Waals surface area contributed by atoms with Crippen LogP contribution in [-0.2, 0) is 6.54 Å². The van der Waals surface area contributed by atoms with Crippen molar-refractivity contribution < 1.29 is 14.3 Å². The third kappa shape index (κ3) is 5.46. The Hall–Kier alpha value is -2.63.